The standard InChI is InChI=1S/C13H28N2O/c1-4-12(2)15(10-11-16-3)9-8-13(14)6-5-7-13/h12H,4-11,14H2,1-3H3. The van der Waals surface area contributed by atoms with Crippen molar-refractivity contribution in [1.82, 2.24) is 4.90 Å². The molecule has 0 aromatic heterocycles. The molecule has 1 atom stereocenters. The minimum atomic E-state index is 0.152. The Balaban J connectivity index is 2.30. The number of methoxy groups -OCH3 is 1. The Labute approximate surface area is 100 Å². The molecule has 3 nitrogen and oxygen atoms in total. The van der Waals surface area contributed by atoms with Crippen molar-refractivity contribution >= 4 is 0 Å². The van der Waals surface area contributed by atoms with Gasteiger partial charge in [0.05, 0.1) is 6.61 Å². The Kier molecular flexibility index (Phi) is 5.73. The summed E-state index contributed by atoms with van der Waals surface area (Å²) in [6, 6.07) is 0.638. The molecule has 0 aliphatic heterocycles. The van der Waals surface area contributed by atoms with Crippen LogP contribution in [0.15, 0.2) is 0 Å². The van der Waals surface area contributed by atoms with E-state index in [2.05, 4.69) is 18.7 Å². The lowest BCUT2D eigenvalue weighted by Crippen LogP contribution is -2.49. The van der Waals surface area contributed by atoms with Crippen LogP contribution in [0, 0.1) is 0 Å². The van der Waals surface area contributed by atoms with Gasteiger partial charge >= 0.3 is 0 Å². The third-order valence-corrected chi connectivity index (χ3v) is 4.04. The van der Waals surface area contributed by atoms with Crippen LogP contribution < -0.4 is 5.73 Å². The maximum atomic E-state index is 6.26. The van der Waals surface area contributed by atoms with E-state index in [1.165, 1.54) is 25.7 Å². The smallest absolute Gasteiger partial charge is 0.0589 e. The van der Waals surface area contributed by atoms with Gasteiger partial charge in [-0.05, 0) is 39.0 Å². The van der Waals surface area contributed by atoms with Crippen LogP contribution in [0.4, 0.5) is 0 Å². The molecule has 0 radical (unpaired) electrons. The molecule has 0 saturated heterocycles. The fourth-order valence-corrected chi connectivity index (χ4v) is 2.27. The first kappa shape index (κ1) is 13.9. The molecule has 0 bridgehead atoms. The summed E-state index contributed by atoms with van der Waals surface area (Å²) in [4.78, 5) is 2.51. The summed E-state index contributed by atoms with van der Waals surface area (Å²) in [5, 5.41) is 0. The van der Waals surface area contributed by atoms with Gasteiger partial charge in [-0.3, -0.25) is 4.90 Å². The highest BCUT2D eigenvalue weighted by atomic mass is 16.5. The fourth-order valence-electron chi connectivity index (χ4n) is 2.27. The molecule has 96 valence electrons. The maximum absolute atomic E-state index is 6.26. The summed E-state index contributed by atoms with van der Waals surface area (Å²) < 4.78 is 5.17. The van der Waals surface area contributed by atoms with Crippen molar-refractivity contribution in [3.8, 4) is 0 Å². The Bertz CT molecular complexity index is 192. The van der Waals surface area contributed by atoms with Crippen molar-refractivity contribution in [2.45, 2.75) is 57.5 Å². The Hall–Kier alpha value is -0.120. The van der Waals surface area contributed by atoms with Gasteiger partial charge in [0.25, 0.3) is 0 Å². The lowest BCUT2D eigenvalue weighted by atomic mass is 9.75. The van der Waals surface area contributed by atoms with E-state index in [4.69, 9.17) is 10.5 Å². The SMILES string of the molecule is CCC(C)N(CCOC)CCC1(N)CCC1. The third kappa shape index (κ3) is 4.04. The number of rotatable bonds is 8. The summed E-state index contributed by atoms with van der Waals surface area (Å²) in [7, 11) is 1.77. The van der Waals surface area contributed by atoms with E-state index in [1.807, 2.05) is 0 Å². The lowest BCUT2D eigenvalue weighted by molar-refractivity contribution is 0.106. The van der Waals surface area contributed by atoms with Crippen molar-refractivity contribution in [1.29, 1.82) is 0 Å². The first-order valence-corrected chi connectivity index (χ1v) is 6.63. The summed E-state index contributed by atoms with van der Waals surface area (Å²) in [6.45, 7) is 7.50. The molecule has 1 unspecified atom stereocenters. The van der Waals surface area contributed by atoms with E-state index in [1.54, 1.807) is 7.11 Å². The number of ether oxygens (including phenoxy) is 1. The predicted octanol–water partition coefficient (Wildman–Crippen LogP) is 2.00. The maximum Gasteiger partial charge on any atom is 0.0589 e. The van der Waals surface area contributed by atoms with Gasteiger partial charge in [0.15, 0.2) is 0 Å². The minimum absolute atomic E-state index is 0.152. The Morgan fingerprint density at radius 3 is 2.50 bits per heavy atom. The van der Waals surface area contributed by atoms with Crippen molar-refractivity contribution in [3.05, 3.63) is 0 Å². The van der Waals surface area contributed by atoms with E-state index >= 15 is 0 Å². The summed E-state index contributed by atoms with van der Waals surface area (Å²) >= 11 is 0. The monoisotopic (exact) mass is 228 g/mol. The number of nitrogens with zero attached hydrogens (tertiary/aromatic N) is 1. The van der Waals surface area contributed by atoms with E-state index in [0.717, 1.165) is 26.1 Å². The summed E-state index contributed by atoms with van der Waals surface area (Å²) in [5.41, 5.74) is 6.42. The van der Waals surface area contributed by atoms with Crippen molar-refractivity contribution in [2.75, 3.05) is 26.8 Å². The molecule has 2 N–H and O–H groups in total. The Morgan fingerprint density at radius 2 is 2.06 bits per heavy atom. The largest absolute Gasteiger partial charge is 0.383 e. The average Bonchev–Trinajstić information content (AvgIpc) is 2.26. The van der Waals surface area contributed by atoms with Gasteiger partial charge < -0.3 is 10.5 Å². The second-order valence-electron chi connectivity index (χ2n) is 5.25. The van der Waals surface area contributed by atoms with Crippen LogP contribution in [0.3, 0.4) is 0 Å². The highest BCUT2D eigenvalue weighted by molar-refractivity contribution is 4.93. The molecule has 16 heavy (non-hydrogen) atoms. The van der Waals surface area contributed by atoms with Gasteiger partial charge in [0.1, 0.15) is 0 Å². The molecular formula is C13H28N2O. The summed E-state index contributed by atoms with van der Waals surface area (Å²) in [6.07, 6.45) is 6.08. The zero-order valence-electron chi connectivity index (χ0n) is 11.2. The van der Waals surface area contributed by atoms with Crippen LogP contribution >= 0.6 is 0 Å². The molecule has 1 rings (SSSR count). The second-order valence-corrected chi connectivity index (χ2v) is 5.25. The van der Waals surface area contributed by atoms with Gasteiger partial charge in [-0.15, -0.1) is 0 Å². The van der Waals surface area contributed by atoms with E-state index in [9.17, 15) is 0 Å². The van der Waals surface area contributed by atoms with Gasteiger partial charge in [0, 0.05) is 31.8 Å². The van der Waals surface area contributed by atoms with E-state index in [0.29, 0.717) is 6.04 Å². The first-order chi connectivity index (χ1) is 7.61. The first-order valence-electron chi connectivity index (χ1n) is 6.63. The predicted molar refractivity (Wildman–Crippen MR) is 68.6 cm³/mol. The molecule has 1 saturated carbocycles. The Morgan fingerprint density at radius 1 is 1.38 bits per heavy atom. The van der Waals surface area contributed by atoms with Gasteiger partial charge in [-0.1, -0.05) is 6.92 Å². The fraction of sp³-hybridized carbons (Fsp3) is 1.00. The molecule has 0 spiro atoms. The molecule has 0 amide bonds. The van der Waals surface area contributed by atoms with E-state index < -0.39 is 0 Å². The van der Waals surface area contributed by atoms with Crippen LogP contribution in [-0.2, 0) is 4.74 Å². The summed E-state index contributed by atoms with van der Waals surface area (Å²) in [5.74, 6) is 0. The lowest BCUT2D eigenvalue weighted by Gasteiger charge is -2.40. The highest BCUT2D eigenvalue weighted by Crippen LogP contribution is 2.32. The topological polar surface area (TPSA) is 38.5 Å². The molecular weight excluding hydrogens is 200 g/mol. The minimum Gasteiger partial charge on any atom is -0.383 e. The van der Waals surface area contributed by atoms with Gasteiger partial charge in [-0.25, -0.2) is 0 Å². The molecule has 0 aromatic carbocycles. The molecule has 1 aliphatic carbocycles. The van der Waals surface area contributed by atoms with Gasteiger partial charge in [-0.2, -0.15) is 0 Å². The molecule has 1 fully saturated rings. The number of hydrogen-bond donors (Lipinski definition) is 1. The van der Waals surface area contributed by atoms with Crippen molar-refractivity contribution < 1.29 is 4.74 Å². The molecule has 1 aliphatic rings. The highest BCUT2D eigenvalue weighted by Gasteiger charge is 2.32. The molecule has 0 heterocycles. The zero-order valence-corrected chi connectivity index (χ0v) is 11.2. The van der Waals surface area contributed by atoms with Crippen LogP contribution in [0.25, 0.3) is 0 Å². The second kappa shape index (κ2) is 6.58. The number of nitrogens with two attached hydrogens (primary N) is 1. The average molecular weight is 228 g/mol. The number of hydrogen-bond acceptors (Lipinski definition) is 3. The van der Waals surface area contributed by atoms with Crippen LogP contribution in [0.2, 0.25) is 0 Å². The van der Waals surface area contributed by atoms with Crippen molar-refractivity contribution in [2.24, 2.45) is 5.73 Å². The molecule has 3 heteroatoms. The molecule has 0 aromatic rings. The van der Waals surface area contributed by atoms with Crippen LogP contribution in [0.1, 0.15) is 46.0 Å². The van der Waals surface area contributed by atoms with E-state index in [-0.39, 0.29) is 5.54 Å². The van der Waals surface area contributed by atoms with Crippen LogP contribution in [-0.4, -0.2) is 43.3 Å². The van der Waals surface area contributed by atoms with Crippen LogP contribution in [0.5, 0.6) is 0 Å². The van der Waals surface area contributed by atoms with Crippen molar-refractivity contribution in [3.63, 3.8) is 0 Å². The zero-order chi connectivity index (χ0) is 12.0. The quantitative estimate of drug-likeness (QED) is 0.690. The van der Waals surface area contributed by atoms with Gasteiger partial charge in [0.2, 0.25) is 0 Å². The third-order valence-electron chi connectivity index (χ3n) is 4.04. The normalized spacial score (nSPS) is 20.8.